The normalized spacial score (nSPS) is 27.9. The number of Topliss-reactive ketones (excluding diaryl/α,β-unsaturated/α-hetero) is 1. The highest BCUT2D eigenvalue weighted by molar-refractivity contribution is 6.06. The fourth-order valence-corrected chi connectivity index (χ4v) is 1.42. The summed E-state index contributed by atoms with van der Waals surface area (Å²) in [5, 5.41) is 0. The van der Waals surface area contributed by atoms with Crippen LogP contribution in [0.4, 0.5) is 0 Å². The van der Waals surface area contributed by atoms with Gasteiger partial charge >= 0.3 is 5.97 Å². The van der Waals surface area contributed by atoms with Crippen molar-refractivity contribution < 1.29 is 14.3 Å². The van der Waals surface area contributed by atoms with Gasteiger partial charge in [0.1, 0.15) is 5.92 Å². The first-order valence-corrected chi connectivity index (χ1v) is 4.43. The van der Waals surface area contributed by atoms with Gasteiger partial charge in [-0.3, -0.25) is 9.59 Å². The lowest BCUT2D eigenvalue weighted by Crippen LogP contribution is -2.25. The molecule has 0 aromatic rings. The Balaban J connectivity index is 2.75. The Morgan fingerprint density at radius 2 is 2.15 bits per heavy atom. The minimum absolute atomic E-state index is 0.0614. The van der Waals surface area contributed by atoms with Crippen molar-refractivity contribution in [1.29, 1.82) is 0 Å². The molecule has 0 spiro atoms. The highest BCUT2D eigenvalue weighted by Crippen LogP contribution is 2.25. The number of rotatable bonds is 3. The maximum atomic E-state index is 11.6. The van der Waals surface area contributed by atoms with Crippen LogP contribution in [0.3, 0.4) is 0 Å². The van der Waals surface area contributed by atoms with E-state index in [1.807, 2.05) is 13.8 Å². The molecule has 0 amide bonds. The van der Waals surface area contributed by atoms with Crippen molar-refractivity contribution in [2.24, 2.45) is 11.8 Å². The number of ketones is 1. The topological polar surface area (TPSA) is 43.4 Å². The van der Waals surface area contributed by atoms with E-state index in [1.165, 1.54) is 0 Å². The quantitative estimate of drug-likeness (QED) is 0.375. The third kappa shape index (κ3) is 1.79. The summed E-state index contributed by atoms with van der Waals surface area (Å²) in [6, 6.07) is 0. The van der Waals surface area contributed by atoms with Gasteiger partial charge in [0.25, 0.3) is 0 Å². The molecule has 0 bridgehead atoms. The first-order chi connectivity index (χ1) is 6.07. The smallest absolute Gasteiger partial charge is 0.317 e. The Morgan fingerprint density at radius 1 is 1.54 bits per heavy atom. The zero-order valence-electron chi connectivity index (χ0n) is 7.95. The van der Waals surface area contributed by atoms with Gasteiger partial charge in [0.05, 0.1) is 0 Å². The van der Waals surface area contributed by atoms with Crippen LogP contribution in [0.5, 0.6) is 0 Å². The summed E-state index contributed by atoms with van der Waals surface area (Å²) >= 11 is 0. The number of carbonyl (C=O) groups is 2. The van der Waals surface area contributed by atoms with Crippen molar-refractivity contribution in [2.75, 3.05) is 0 Å². The van der Waals surface area contributed by atoms with Gasteiger partial charge in [0.15, 0.2) is 11.9 Å². The lowest BCUT2D eigenvalue weighted by Gasteiger charge is -2.10. The number of hydrogen-bond acceptors (Lipinski definition) is 3. The molecular formula is C10H14O3. The van der Waals surface area contributed by atoms with Gasteiger partial charge < -0.3 is 4.74 Å². The second kappa shape index (κ2) is 3.73. The Morgan fingerprint density at radius 3 is 2.54 bits per heavy atom. The van der Waals surface area contributed by atoms with Gasteiger partial charge in [0, 0.05) is 0 Å². The van der Waals surface area contributed by atoms with E-state index in [2.05, 4.69) is 6.58 Å². The molecule has 2 atom stereocenters. The van der Waals surface area contributed by atoms with Crippen molar-refractivity contribution in [1.82, 2.24) is 0 Å². The molecule has 1 aliphatic rings. The highest BCUT2D eigenvalue weighted by atomic mass is 16.6. The largest absolute Gasteiger partial charge is 0.453 e. The molecule has 0 saturated carbocycles. The molecule has 0 aromatic carbocycles. The molecule has 72 valence electrons. The van der Waals surface area contributed by atoms with Crippen LogP contribution in [0.15, 0.2) is 12.7 Å². The Kier molecular flexibility index (Phi) is 2.86. The van der Waals surface area contributed by atoms with Crippen LogP contribution in [0.1, 0.15) is 20.3 Å². The van der Waals surface area contributed by atoms with Crippen LogP contribution in [0.2, 0.25) is 0 Å². The van der Waals surface area contributed by atoms with Gasteiger partial charge in [-0.25, -0.2) is 0 Å². The number of cyclic esters (lactones) is 1. The summed E-state index contributed by atoms with van der Waals surface area (Å²) in [5.74, 6) is -1.04. The third-order valence-electron chi connectivity index (χ3n) is 2.16. The highest BCUT2D eigenvalue weighted by Gasteiger charge is 2.43. The average molecular weight is 182 g/mol. The van der Waals surface area contributed by atoms with Crippen LogP contribution in [0, 0.1) is 11.8 Å². The van der Waals surface area contributed by atoms with Crippen molar-refractivity contribution in [3.8, 4) is 0 Å². The fourth-order valence-electron chi connectivity index (χ4n) is 1.42. The first kappa shape index (κ1) is 9.96. The summed E-state index contributed by atoms with van der Waals surface area (Å²) in [5.41, 5.74) is 0. The van der Waals surface area contributed by atoms with E-state index in [-0.39, 0.29) is 11.7 Å². The van der Waals surface area contributed by atoms with Crippen molar-refractivity contribution >= 4 is 11.8 Å². The summed E-state index contributed by atoms with van der Waals surface area (Å²) in [6.45, 7) is 7.24. The molecule has 2 unspecified atom stereocenters. The summed E-state index contributed by atoms with van der Waals surface area (Å²) in [6.07, 6.45) is 1.42. The van der Waals surface area contributed by atoms with Crippen LogP contribution in [-0.4, -0.2) is 17.9 Å². The Hall–Kier alpha value is -1.12. The molecule has 0 radical (unpaired) electrons. The SMILES string of the molecule is C=CCC1C(=O)OC(C(C)C)C1=O. The maximum absolute atomic E-state index is 11.6. The molecule has 1 rings (SSSR count). The number of esters is 1. The minimum atomic E-state index is -0.607. The van der Waals surface area contributed by atoms with Gasteiger partial charge in [-0.1, -0.05) is 19.9 Å². The monoisotopic (exact) mass is 182 g/mol. The first-order valence-electron chi connectivity index (χ1n) is 4.43. The Labute approximate surface area is 77.8 Å². The zero-order valence-corrected chi connectivity index (χ0v) is 7.95. The van der Waals surface area contributed by atoms with Crippen LogP contribution < -0.4 is 0 Å². The van der Waals surface area contributed by atoms with E-state index in [0.29, 0.717) is 6.42 Å². The van der Waals surface area contributed by atoms with E-state index < -0.39 is 18.0 Å². The van der Waals surface area contributed by atoms with E-state index >= 15 is 0 Å². The molecule has 13 heavy (non-hydrogen) atoms. The summed E-state index contributed by atoms with van der Waals surface area (Å²) in [7, 11) is 0. The maximum Gasteiger partial charge on any atom is 0.317 e. The molecule has 0 N–H and O–H groups in total. The second-order valence-electron chi connectivity index (χ2n) is 3.58. The standard InChI is InChI=1S/C10H14O3/c1-4-5-7-8(11)9(6(2)3)13-10(7)12/h4,6-7,9H,1,5H2,2-3H3. The molecule has 0 aromatic heterocycles. The van der Waals surface area contributed by atoms with Crippen molar-refractivity contribution in [3.05, 3.63) is 12.7 Å². The lowest BCUT2D eigenvalue weighted by molar-refractivity contribution is -0.145. The third-order valence-corrected chi connectivity index (χ3v) is 2.16. The predicted molar refractivity (Wildman–Crippen MR) is 48.0 cm³/mol. The van der Waals surface area contributed by atoms with Gasteiger partial charge in [0.2, 0.25) is 0 Å². The van der Waals surface area contributed by atoms with E-state index in [0.717, 1.165) is 0 Å². The van der Waals surface area contributed by atoms with E-state index in [9.17, 15) is 9.59 Å². The molecule has 1 saturated heterocycles. The molecule has 1 fully saturated rings. The molecule has 3 heteroatoms. The predicted octanol–water partition coefficient (Wildman–Crippen LogP) is 1.33. The molecule has 1 aliphatic heterocycles. The number of ether oxygens (including phenoxy) is 1. The van der Waals surface area contributed by atoms with Gasteiger partial charge in [-0.15, -0.1) is 6.58 Å². The average Bonchev–Trinajstić information content (AvgIpc) is 2.32. The molecule has 0 aliphatic carbocycles. The number of carbonyl (C=O) groups excluding carboxylic acids is 2. The van der Waals surface area contributed by atoms with Crippen molar-refractivity contribution in [3.63, 3.8) is 0 Å². The summed E-state index contributed by atoms with van der Waals surface area (Å²) < 4.78 is 4.96. The minimum Gasteiger partial charge on any atom is -0.453 e. The van der Waals surface area contributed by atoms with Gasteiger partial charge in [-0.05, 0) is 12.3 Å². The van der Waals surface area contributed by atoms with Gasteiger partial charge in [-0.2, -0.15) is 0 Å². The van der Waals surface area contributed by atoms with E-state index in [1.54, 1.807) is 6.08 Å². The fraction of sp³-hybridized carbons (Fsp3) is 0.600. The molecule has 1 heterocycles. The second-order valence-corrected chi connectivity index (χ2v) is 3.58. The Bertz CT molecular complexity index is 243. The van der Waals surface area contributed by atoms with Crippen LogP contribution >= 0.6 is 0 Å². The zero-order chi connectivity index (χ0) is 10.0. The number of allylic oxidation sites excluding steroid dienone is 1. The molecular weight excluding hydrogens is 168 g/mol. The lowest BCUT2D eigenvalue weighted by atomic mass is 9.94. The number of hydrogen-bond donors (Lipinski definition) is 0. The summed E-state index contributed by atoms with van der Waals surface area (Å²) in [4.78, 5) is 22.8. The van der Waals surface area contributed by atoms with E-state index in [4.69, 9.17) is 4.74 Å². The molecule has 3 nitrogen and oxygen atoms in total. The van der Waals surface area contributed by atoms with Crippen molar-refractivity contribution in [2.45, 2.75) is 26.4 Å². The van der Waals surface area contributed by atoms with Crippen LogP contribution in [0.25, 0.3) is 0 Å². The van der Waals surface area contributed by atoms with Crippen LogP contribution in [-0.2, 0) is 14.3 Å².